The van der Waals surface area contributed by atoms with E-state index in [4.69, 9.17) is 14.0 Å². The molecular weight excluding hydrogens is 382 g/mol. The molecule has 0 spiro atoms. The van der Waals surface area contributed by atoms with Crippen LogP contribution in [0.25, 0.3) is 0 Å². The van der Waals surface area contributed by atoms with Crippen LogP contribution in [0.3, 0.4) is 0 Å². The Morgan fingerprint density at radius 2 is 1.96 bits per heavy atom. The number of carbonyl (C=O) groups excluding carboxylic acids is 3. The second kappa shape index (κ2) is 6.41. The monoisotopic (exact) mass is 398 g/mol. The Bertz CT molecular complexity index is 733. The van der Waals surface area contributed by atoms with E-state index < -0.39 is 64.8 Å². The van der Waals surface area contributed by atoms with Crippen molar-refractivity contribution in [3.63, 3.8) is 0 Å². The van der Waals surface area contributed by atoms with Crippen molar-refractivity contribution in [1.82, 2.24) is 0 Å². The first kappa shape index (κ1) is 19.0. The molecule has 0 aromatic carbocycles. The van der Waals surface area contributed by atoms with Crippen molar-refractivity contribution in [2.45, 2.75) is 30.6 Å². The van der Waals surface area contributed by atoms with E-state index in [1.807, 2.05) is 0 Å². The third-order valence-corrected chi connectivity index (χ3v) is 5.96. The molecule has 9 nitrogen and oxygen atoms in total. The molecular formula is C14H16F2O9S. The van der Waals surface area contributed by atoms with Gasteiger partial charge in [-0.05, 0) is 18.8 Å². The Labute approximate surface area is 146 Å². The summed E-state index contributed by atoms with van der Waals surface area (Å²) in [6.45, 7) is -2.31. The molecule has 5 atom stereocenters. The highest BCUT2D eigenvalue weighted by Crippen LogP contribution is 2.57. The molecule has 26 heavy (non-hydrogen) atoms. The summed E-state index contributed by atoms with van der Waals surface area (Å²) in [6.07, 6.45) is 0.583. The minimum atomic E-state index is -5.70. The fourth-order valence-corrected chi connectivity index (χ4v) is 4.18. The lowest BCUT2D eigenvalue weighted by molar-refractivity contribution is -0.159. The van der Waals surface area contributed by atoms with E-state index in [0.29, 0.717) is 12.8 Å². The molecule has 3 rings (SSSR count). The average molecular weight is 398 g/mol. The molecule has 0 aromatic heterocycles. The smallest absolute Gasteiger partial charge is 0.402 e. The topological polar surface area (TPSA) is 133 Å². The second-order valence-electron chi connectivity index (χ2n) is 6.61. The molecule has 2 bridgehead atoms. The van der Waals surface area contributed by atoms with Crippen molar-refractivity contribution in [1.29, 1.82) is 0 Å². The number of esters is 3. The molecule has 0 amide bonds. The van der Waals surface area contributed by atoms with E-state index >= 15 is 0 Å². The summed E-state index contributed by atoms with van der Waals surface area (Å²) in [5.74, 6) is -3.48. The standard InChI is InChI=1S/C14H16F2O9S/c15-14(16,26(20,21)22)5-24-9(17)1-2-23-12(18)10-6-3-7-8(4-6)25-13(19)11(7)10/h6-8,10-11H,1-5H2,(H,20,21,22). The maximum atomic E-state index is 12.9. The van der Waals surface area contributed by atoms with Crippen LogP contribution in [0.1, 0.15) is 19.3 Å². The maximum absolute atomic E-state index is 12.9. The number of fused-ring (bicyclic) bond motifs is 1. The molecule has 12 heteroatoms. The zero-order valence-corrected chi connectivity index (χ0v) is 14.1. The fraction of sp³-hybridized carbons (Fsp3) is 0.786. The van der Waals surface area contributed by atoms with E-state index in [1.54, 1.807) is 0 Å². The number of alkyl halides is 2. The van der Waals surface area contributed by atoms with E-state index in [9.17, 15) is 31.6 Å². The van der Waals surface area contributed by atoms with Gasteiger partial charge in [0.25, 0.3) is 0 Å². The van der Waals surface area contributed by atoms with Gasteiger partial charge in [0.05, 0.1) is 18.3 Å². The predicted octanol–water partition coefficient (Wildman–Crippen LogP) is 0.141. The van der Waals surface area contributed by atoms with Crippen molar-refractivity contribution < 1.29 is 50.3 Å². The number of hydrogen-bond donors (Lipinski definition) is 1. The molecule has 3 aliphatic rings. The zero-order chi connectivity index (χ0) is 19.3. The van der Waals surface area contributed by atoms with Crippen molar-refractivity contribution in [2.75, 3.05) is 13.2 Å². The molecule has 2 aliphatic carbocycles. The summed E-state index contributed by atoms with van der Waals surface area (Å²) in [5.41, 5.74) is 0. The van der Waals surface area contributed by atoms with Gasteiger partial charge in [0.2, 0.25) is 0 Å². The number of halogens is 2. The van der Waals surface area contributed by atoms with Gasteiger partial charge in [-0.3, -0.25) is 18.9 Å². The molecule has 1 saturated heterocycles. The van der Waals surface area contributed by atoms with Crippen molar-refractivity contribution >= 4 is 28.0 Å². The minimum absolute atomic E-state index is 0.0117. The normalized spacial score (nSPS) is 32.4. The lowest BCUT2D eigenvalue weighted by Crippen LogP contribution is -2.35. The van der Waals surface area contributed by atoms with E-state index in [0.717, 1.165) is 0 Å². The molecule has 1 N–H and O–H groups in total. The van der Waals surface area contributed by atoms with E-state index in [-0.39, 0.29) is 17.9 Å². The summed E-state index contributed by atoms with van der Waals surface area (Å²) in [5, 5.41) is -4.62. The minimum Gasteiger partial charge on any atom is -0.465 e. The maximum Gasteiger partial charge on any atom is 0.402 e. The van der Waals surface area contributed by atoms with Gasteiger partial charge in [-0.15, -0.1) is 0 Å². The summed E-state index contributed by atoms with van der Waals surface area (Å²) < 4.78 is 69.0. The van der Waals surface area contributed by atoms with Gasteiger partial charge in [0.1, 0.15) is 12.7 Å². The van der Waals surface area contributed by atoms with Gasteiger partial charge < -0.3 is 14.2 Å². The molecule has 5 unspecified atom stereocenters. The summed E-state index contributed by atoms with van der Waals surface area (Å²) in [4.78, 5) is 35.3. The quantitative estimate of drug-likeness (QED) is 0.361. The summed E-state index contributed by atoms with van der Waals surface area (Å²) >= 11 is 0. The van der Waals surface area contributed by atoms with Gasteiger partial charge in [0, 0.05) is 5.92 Å². The SMILES string of the molecule is O=C(CCOC(=O)C1C2CC3OC(=O)C1C3C2)OCC(F)(F)S(=O)(=O)O. The van der Waals surface area contributed by atoms with Crippen molar-refractivity contribution in [3.05, 3.63) is 0 Å². The molecule has 1 heterocycles. The molecule has 0 radical (unpaired) electrons. The van der Waals surface area contributed by atoms with Crippen LogP contribution in [-0.4, -0.2) is 55.5 Å². The Morgan fingerprint density at radius 3 is 2.62 bits per heavy atom. The molecule has 3 fully saturated rings. The third kappa shape index (κ3) is 3.27. The van der Waals surface area contributed by atoms with Gasteiger partial charge in [0.15, 0.2) is 6.61 Å². The average Bonchev–Trinajstić information content (AvgIpc) is 3.13. The number of rotatable bonds is 7. The Morgan fingerprint density at radius 1 is 1.27 bits per heavy atom. The highest BCUT2D eigenvalue weighted by atomic mass is 32.2. The largest absolute Gasteiger partial charge is 0.465 e. The van der Waals surface area contributed by atoms with Crippen LogP contribution in [0.4, 0.5) is 8.78 Å². The number of carbonyl (C=O) groups is 3. The van der Waals surface area contributed by atoms with Gasteiger partial charge in [-0.1, -0.05) is 0 Å². The highest BCUT2D eigenvalue weighted by Gasteiger charge is 2.64. The lowest BCUT2D eigenvalue weighted by Gasteiger charge is -2.22. The van der Waals surface area contributed by atoms with Crippen LogP contribution in [0.5, 0.6) is 0 Å². The van der Waals surface area contributed by atoms with Crippen molar-refractivity contribution in [2.24, 2.45) is 23.7 Å². The first-order valence-electron chi connectivity index (χ1n) is 7.89. The van der Waals surface area contributed by atoms with Crippen LogP contribution in [-0.2, 0) is 38.7 Å². The second-order valence-corrected chi connectivity index (χ2v) is 8.16. The highest BCUT2D eigenvalue weighted by molar-refractivity contribution is 7.86. The van der Waals surface area contributed by atoms with Crippen LogP contribution < -0.4 is 0 Å². The lowest BCUT2D eigenvalue weighted by atomic mass is 9.80. The van der Waals surface area contributed by atoms with Gasteiger partial charge in [-0.2, -0.15) is 17.2 Å². The molecule has 0 aromatic rings. The fourth-order valence-electron chi connectivity index (χ4n) is 3.97. The van der Waals surface area contributed by atoms with Crippen LogP contribution in [0.15, 0.2) is 0 Å². The number of ether oxygens (including phenoxy) is 3. The third-order valence-electron chi connectivity index (χ3n) is 5.08. The van der Waals surface area contributed by atoms with Crippen LogP contribution in [0, 0.1) is 23.7 Å². The van der Waals surface area contributed by atoms with Crippen molar-refractivity contribution in [3.8, 4) is 0 Å². The Hall–Kier alpha value is -1.82. The number of hydrogen-bond acceptors (Lipinski definition) is 8. The zero-order valence-electron chi connectivity index (χ0n) is 13.3. The molecule has 1 aliphatic heterocycles. The van der Waals surface area contributed by atoms with E-state index in [1.165, 1.54) is 0 Å². The molecule has 146 valence electrons. The molecule has 2 saturated carbocycles. The van der Waals surface area contributed by atoms with Gasteiger partial charge >= 0.3 is 33.3 Å². The summed E-state index contributed by atoms with van der Waals surface area (Å²) in [6, 6.07) is 0. The first-order chi connectivity index (χ1) is 12.0. The van der Waals surface area contributed by atoms with E-state index in [2.05, 4.69) is 4.74 Å². The first-order valence-corrected chi connectivity index (χ1v) is 9.33. The summed E-state index contributed by atoms with van der Waals surface area (Å²) in [7, 11) is -5.70. The van der Waals surface area contributed by atoms with Gasteiger partial charge in [-0.25, -0.2) is 0 Å². The Kier molecular flexibility index (Phi) is 4.67. The van der Waals surface area contributed by atoms with Crippen LogP contribution >= 0.6 is 0 Å². The van der Waals surface area contributed by atoms with Crippen LogP contribution in [0.2, 0.25) is 0 Å². The Balaban J connectivity index is 1.43. The predicted molar refractivity (Wildman–Crippen MR) is 76.1 cm³/mol.